The normalized spacial score (nSPS) is 14.8. The molecule has 0 spiro atoms. The Kier molecular flexibility index (Phi) is 5.74. The number of aromatic nitrogens is 1. The summed E-state index contributed by atoms with van der Waals surface area (Å²) in [5.74, 6) is 1.00. The van der Waals surface area contributed by atoms with E-state index in [2.05, 4.69) is 11.9 Å². The largest absolute Gasteiger partial charge is 0.494 e. The summed E-state index contributed by atoms with van der Waals surface area (Å²) in [6.45, 7) is 3.38. The Morgan fingerprint density at radius 3 is 2.80 bits per heavy atom. The Morgan fingerprint density at radius 2 is 2.04 bits per heavy atom. The molecule has 3 rings (SSSR count). The fourth-order valence-electron chi connectivity index (χ4n) is 3.63. The van der Waals surface area contributed by atoms with Gasteiger partial charge in [-0.15, -0.1) is 0 Å². The van der Waals surface area contributed by atoms with E-state index in [1.807, 2.05) is 23.1 Å². The van der Waals surface area contributed by atoms with Gasteiger partial charge in [0.05, 0.1) is 6.61 Å². The van der Waals surface area contributed by atoms with Gasteiger partial charge in [-0.05, 0) is 50.5 Å². The zero-order valence-corrected chi connectivity index (χ0v) is 14.8. The number of pyridine rings is 1. The van der Waals surface area contributed by atoms with Crippen LogP contribution in [0.1, 0.15) is 45.4 Å². The number of ether oxygens (including phenoxy) is 1. The molecule has 1 saturated carbocycles. The summed E-state index contributed by atoms with van der Waals surface area (Å²) in [4.78, 5) is 28.5. The van der Waals surface area contributed by atoms with E-state index >= 15 is 0 Å². The first-order valence-corrected chi connectivity index (χ1v) is 9.22. The van der Waals surface area contributed by atoms with Crippen molar-refractivity contribution < 1.29 is 9.53 Å². The van der Waals surface area contributed by atoms with E-state index in [4.69, 9.17) is 4.74 Å². The van der Waals surface area contributed by atoms with Crippen LogP contribution in [0.25, 0.3) is 10.9 Å². The van der Waals surface area contributed by atoms with Crippen LogP contribution in [0.5, 0.6) is 5.75 Å². The lowest BCUT2D eigenvalue weighted by atomic mass is 10.2. The SMILES string of the molecule is CCN(C(=O)CCCOc1ccc2[nH]c(=O)ccc2c1)C1CCCC1. The summed E-state index contributed by atoms with van der Waals surface area (Å²) >= 11 is 0. The van der Waals surface area contributed by atoms with Gasteiger partial charge in [-0.3, -0.25) is 9.59 Å². The summed E-state index contributed by atoms with van der Waals surface area (Å²) in [6, 6.07) is 9.33. The van der Waals surface area contributed by atoms with Crippen LogP contribution in [0.4, 0.5) is 0 Å². The molecule has 0 atom stereocenters. The predicted octanol–water partition coefficient (Wildman–Crippen LogP) is 3.48. The maximum Gasteiger partial charge on any atom is 0.248 e. The third-order valence-corrected chi connectivity index (χ3v) is 4.93. The lowest BCUT2D eigenvalue weighted by Crippen LogP contribution is -2.38. The number of aromatic amines is 1. The van der Waals surface area contributed by atoms with Gasteiger partial charge in [0.2, 0.25) is 11.5 Å². The van der Waals surface area contributed by atoms with Gasteiger partial charge in [0, 0.05) is 36.0 Å². The van der Waals surface area contributed by atoms with E-state index in [1.54, 1.807) is 6.07 Å². The van der Waals surface area contributed by atoms with Crippen LogP contribution in [0.3, 0.4) is 0 Å². The topological polar surface area (TPSA) is 62.4 Å². The van der Waals surface area contributed by atoms with Gasteiger partial charge in [-0.2, -0.15) is 0 Å². The third-order valence-electron chi connectivity index (χ3n) is 4.93. The van der Waals surface area contributed by atoms with Gasteiger partial charge in [0.15, 0.2) is 0 Å². The van der Waals surface area contributed by atoms with Crippen LogP contribution in [-0.2, 0) is 4.79 Å². The van der Waals surface area contributed by atoms with Crippen molar-refractivity contribution in [2.75, 3.05) is 13.2 Å². The van der Waals surface area contributed by atoms with Crippen molar-refractivity contribution in [3.8, 4) is 5.75 Å². The summed E-state index contributed by atoms with van der Waals surface area (Å²) in [5, 5.41) is 0.937. The first-order valence-electron chi connectivity index (χ1n) is 9.22. The molecule has 134 valence electrons. The molecule has 5 nitrogen and oxygen atoms in total. The van der Waals surface area contributed by atoms with Crippen molar-refractivity contribution in [2.45, 2.75) is 51.5 Å². The van der Waals surface area contributed by atoms with Gasteiger partial charge in [0.25, 0.3) is 0 Å². The first-order chi connectivity index (χ1) is 12.2. The molecule has 0 radical (unpaired) electrons. The molecule has 1 fully saturated rings. The molecule has 1 aliphatic carbocycles. The average molecular weight is 342 g/mol. The van der Waals surface area contributed by atoms with Crippen LogP contribution in [0.15, 0.2) is 35.1 Å². The van der Waals surface area contributed by atoms with Crippen LogP contribution < -0.4 is 10.3 Å². The molecule has 1 heterocycles. The lowest BCUT2D eigenvalue weighted by Gasteiger charge is -2.27. The number of hydrogen-bond donors (Lipinski definition) is 1. The van der Waals surface area contributed by atoms with E-state index in [9.17, 15) is 9.59 Å². The average Bonchev–Trinajstić information content (AvgIpc) is 3.13. The van der Waals surface area contributed by atoms with E-state index in [0.717, 1.165) is 36.0 Å². The molecule has 5 heteroatoms. The van der Waals surface area contributed by atoms with E-state index in [0.29, 0.717) is 25.5 Å². The standard InChI is InChI=1S/C20H26N2O3/c1-2-22(16-6-3-4-7-16)20(24)8-5-13-25-17-10-11-18-15(14-17)9-12-19(23)21-18/h9-12,14,16H,2-8,13H2,1H3,(H,21,23). The van der Waals surface area contributed by atoms with Crippen LogP contribution in [-0.4, -0.2) is 35.0 Å². The van der Waals surface area contributed by atoms with Gasteiger partial charge in [0.1, 0.15) is 5.75 Å². The molecule has 1 aliphatic rings. The van der Waals surface area contributed by atoms with Crippen molar-refractivity contribution in [1.29, 1.82) is 0 Å². The zero-order valence-electron chi connectivity index (χ0n) is 14.8. The van der Waals surface area contributed by atoms with E-state index in [1.165, 1.54) is 18.9 Å². The first kappa shape index (κ1) is 17.5. The maximum atomic E-state index is 12.4. The fraction of sp³-hybridized carbons (Fsp3) is 0.500. The number of fused-ring (bicyclic) bond motifs is 1. The fourth-order valence-corrected chi connectivity index (χ4v) is 3.63. The Hall–Kier alpha value is -2.30. The second-order valence-electron chi connectivity index (χ2n) is 6.64. The second kappa shape index (κ2) is 8.19. The molecule has 0 bridgehead atoms. The number of nitrogens with one attached hydrogen (secondary N) is 1. The summed E-state index contributed by atoms with van der Waals surface area (Å²) in [7, 11) is 0. The highest BCUT2D eigenvalue weighted by atomic mass is 16.5. The Bertz CT molecular complexity index is 778. The number of hydrogen-bond acceptors (Lipinski definition) is 3. The van der Waals surface area contributed by atoms with Crippen molar-refractivity contribution in [3.05, 3.63) is 40.7 Å². The number of amides is 1. The number of H-pyrrole nitrogens is 1. The molecular weight excluding hydrogens is 316 g/mol. The summed E-state index contributed by atoms with van der Waals surface area (Å²) in [5.41, 5.74) is 0.688. The molecular formula is C20H26N2O3. The number of carbonyl (C=O) groups is 1. The highest BCUT2D eigenvalue weighted by molar-refractivity contribution is 5.79. The Labute approximate surface area is 148 Å². The smallest absolute Gasteiger partial charge is 0.248 e. The van der Waals surface area contributed by atoms with E-state index < -0.39 is 0 Å². The monoisotopic (exact) mass is 342 g/mol. The quantitative estimate of drug-likeness (QED) is 0.784. The van der Waals surface area contributed by atoms with Crippen LogP contribution in [0.2, 0.25) is 0 Å². The van der Waals surface area contributed by atoms with Crippen molar-refractivity contribution >= 4 is 16.8 Å². The van der Waals surface area contributed by atoms with Crippen molar-refractivity contribution in [1.82, 2.24) is 9.88 Å². The van der Waals surface area contributed by atoms with Gasteiger partial charge >= 0.3 is 0 Å². The highest BCUT2D eigenvalue weighted by Crippen LogP contribution is 2.24. The molecule has 0 saturated heterocycles. The van der Waals surface area contributed by atoms with Gasteiger partial charge in [-0.25, -0.2) is 0 Å². The molecule has 1 amide bonds. The minimum atomic E-state index is -0.109. The van der Waals surface area contributed by atoms with Crippen LogP contribution in [0, 0.1) is 0 Å². The van der Waals surface area contributed by atoms with Crippen LogP contribution >= 0.6 is 0 Å². The molecule has 0 aliphatic heterocycles. The van der Waals surface area contributed by atoms with Gasteiger partial charge in [-0.1, -0.05) is 12.8 Å². The molecule has 1 N–H and O–H groups in total. The zero-order chi connectivity index (χ0) is 17.6. The molecule has 1 aromatic heterocycles. The second-order valence-corrected chi connectivity index (χ2v) is 6.64. The minimum Gasteiger partial charge on any atom is -0.494 e. The summed E-state index contributed by atoms with van der Waals surface area (Å²) < 4.78 is 5.77. The van der Waals surface area contributed by atoms with Gasteiger partial charge < -0.3 is 14.6 Å². The molecule has 2 aromatic rings. The predicted molar refractivity (Wildman–Crippen MR) is 98.9 cm³/mol. The Morgan fingerprint density at radius 1 is 1.24 bits per heavy atom. The number of carbonyl (C=O) groups excluding carboxylic acids is 1. The molecule has 25 heavy (non-hydrogen) atoms. The highest BCUT2D eigenvalue weighted by Gasteiger charge is 2.24. The maximum absolute atomic E-state index is 12.4. The van der Waals surface area contributed by atoms with Crippen molar-refractivity contribution in [3.63, 3.8) is 0 Å². The third kappa shape index (κ3) is 4.41. The summed E-state index contributed by atoms with van der Waals surface area (Å²) in [6.07, 6.45) is 6.02. The lowest BCUT2D eigenvalue weighted by molar-refractivity contribution is -0.133. The number of benzene rings is 1. The Balaban J connectivity index is 1.48. The van der Waals surface area contributed by atoms with Crippen molar-refractivity contribution in [2.24, 2.45) is 0 Å². The van der Waals surface area contributed by atoms with E-state index in [-0.39, 0.29) is 11.5 Å². The number of rotatable bonds is 7. The molecule has 0 unspecified atom stereocenters. The number of nitrogens with zero attached hydrogens (tertiary/aromatic N) is 1. The molecule has 1 aromatic carbocycles. The minimum absolute atomic E-state index is 0.109.